The van der Waals surface area contributed by atoms with E-state index in [-0.39, 0.29) is 12.1 Å². The van der Waals surface area contributed by atoms with Crippen LogP contribution < -0.4 is 10.2 Å². The largest absolute Gasteiger partial charge is 0.324 e. The van der Waals surface area contributed by atoms with Crippen LogP contribution >= 0.6 is 11.3 Å². The third-order valence-electron chi connectivity index (χ3n) is 5.66. The van der Waals surface area contributed by atoms with Crippen molar-refractivity contribution in [2.24, 2.45) is 0 Å². The minimum absolute atomic E-state index is 0.0941. The van der Waals surface area contributed by atoms with E-state index in [2.05, 4.69) is 22.4 Å². The summed E-state index contributed by atoms with van der Waals surface area (Å²) in [5, 5.41) is 4.48. The number of nitrogens with zero attached hydrogens (tertiary/aromatic N) is 4. The van der Waals surface area contributed by atoms with Crippen molar-refractivity contribution in [1.82, 2.24) is 20.2 Å². The molecule has 1 fully saturated rings. The van der Waals surface area contributed by atoms with Gasteiger partial charge >= 0.3 is 6.03 Å². The highest BCUT2D eigenvalue weighted by Gasteiger charge is 2.36. The highest BCUT2D eigenvalue weighted by atomic mass is 32.1. The Hall–Kier alpha value is -2.51. The Labute approximate surface area is 168 Å². The summed E-state index contributed by atoms with van der Waals surface area (Å²) >= 11 is 1.66. The summed E-state index contributed by atoms with van der Waals surface area (Å²) < 4.78 is 0. The van der Waals surface area contributed by atoms with Crippen molar-refractivity contribution < 1.29 is 4.79 Å². The number of aromatic nitrogens is 2. The summed E-state index contributed by atoms with van der Waals surface area (Å²) in [7, 11) is 1.88. The van der Waals surface area contributed by atoms with E-state index in [9.17, 15) is 4.79 Å². The number of carbonyl (C=O) groups is 1. The van der Waals surface area contributed by atoms with E-state index >= 15 is 0 Å². The van der Waals surface area contributed by atoms with Gasteiger partial charge in [-0.05, 0) is 45.0 Å². The second kappa shape index (κ2) is 6.83. The van der Waals surface area contributed by atoms with Crippen molar-refractivity contribution >= 4 is 33.3 Å². The Bertz CT molecular complexity index is 1040. The summed E-state index contributed by atoms with van der Waals surface area (Å²) in [4.78, 5) is 28.3. The van der Waals surface area contributed by atoms with Gasteiger partial charge in [0.1, 0.15) is 4.83 Å². The van der Waals surface area contributed by atoms with Gasteiger partial charge < -0.3 is 10.2 Å². The van der Waals surface area contributed by atoms with Gasteiger partial charge in [-0.25, -0.2) is 9.78 Å². The molecule has 0 saturated carbocycles. The molecule has 7 heteroatoms. The van der Waals surface area contributed by atoms with Crippen LogP contribution in [0.2, 0.25) is 0 Å². The molecule has 3 aromatic heterocycles. The molecule has 0 atom stereocenters. The molecule has 1 saturated heterocycles. The molecule has 0 bridgehead atoms. The van der Waals surface area contributed by atoms with Gasteiger partial charge in [-0.2, -0.15) is 0 Å². The summed E-state index contributed by atoms with van der Waals surface area (Å²) in [6, 6.07) is 6.64. The number of carbonyl (C=O) groups excluding carboxylic acids is 1. The first-order valence-electron chi connectivity index (χ1n) is 9.71. The number of aryl methyl sites for hydroxylation is 1. The van der Waals surface area contributed by atoms with Gasteiger partial charge in [0, 0.05) is 52.6 Å². The molecule has 2 aliphatic rings. The number of amides is 2. The van der Waals surface area contributed by atoms with Gasteiger partial charge in [-0.1, -0.05) is 6.07 Å². The molecule has 2 amide bonds. The minimum atomic E-state index is 0.0941. The minimum Gasteiger partial charge on any atom is -0.323 e. The Morgan fingerprint density at radius 2 is 2.00 bits per heavy atom. The normalized spacial score (nSPS) is 18.0. The van der Waals surface area contributed by atoms with Crippen molar-refractivity contribution in [1.29, 1.82) is 0 Å². The van der Waals surface area contributed by atoms with Crippen LogP contribution in [0.15, 0.2) is 30.6 Å². The fourth-order valence-electron chi connectivity index (χ4n) is 4.18. The fraction of sp³-hybridized carbons (Fsp3) is 0.381. The smallest absolute Gasteiger partial charge is 0.323 e. The third-order valence-corrected chi connectivity index (χ3v) is 6.75. The Morgan fingerprint density at radius 3 is 2.75 bits per heavy atom. The van der Waals surface area contributed by atoms with Gasteiger partial charge in [0.25, 0.3) is 0 Å². The maximum atomic E-state index is 13.1. The monoisotopic (exact) mass is 393 g/mol. The standard InChI is InChI=1S/C21H23N5OS/c1-13-3-4-14(10-23-13)18-9-17-19-15(11-24-20(17)28-18)12-25(2)21(27)26(19)16-5-7-22-8-6-16/h3-4,9-11,16,22H,5-8,12H2,1-2H3. The molecule has 3 aromatic rings. The number of hydrogen-bond donors (Lipinski definition) is 1. The van der Waals surface area contributed by atoms with Crippen LogP contribution in [0.5, 0.6) is 0 Å². The highest BCUT2D eigenvalue weighted by molar-refractivity contribution is 7.21. The Balaban J connectivity index is 1.66. The number of piperidine rings is 1. The first-order chi connectivity index (χ1) is 13.6. The predicted molar refractivity (Wildman–Crippen MR) is 113 cm³/mol. The van der Waals surface area contributed by atoms with E-state index < -0.39 is 0 Å². The van der Waals surface area contributed by atoms with Gasteiger partial charge in [0.05, 0.1) is 12.2 Å². The molecule has 0 radical (unpaired) electrons. The summed E-state index contributed by atoms with van der Waals surface area (Å²) in [5.41, 5.74) is 4.28. The zero-order valence-electron chi connectivity index (χ0n) is 16.1. The van der Waals surface area contributed by atoms with Crippen LogP contribution in [-0.2, 0) is 6.54 Å². The van der Waals surface area contributed by atoms with Gasteiger partial charge in [-0.15, -0.1) is 11.3 Å². The number of thiophene rings is 1. The summed E-state index contributed by atoms with van der Waals surface area (Å²) in [6.07, 6.45) is 5.81. The molecule has 6 nitrogen and oxygen atoms in total. The average molecular weight is 394 g/mol. The lowest BCUT2D eigenvalue weighted by Gasteiger charge is -2.41. The lowest BCUT2D eigenvalue weighted by atomic mass is 10.00. The van der Waals surface area contributed by atoms with Crippen LogP contribution in [0.25, 0.3) is 20.7 Å². The zero-order chi connectivity index (χ0) is 19.3. The van der Waals surface area contributed by atoms with Crippen molar-refractivity contribution in [2.75, 3.05) is 25.0 Å². The quantitative estimate of drug-likeness (QED) is 0.720. The molecule has 0 aliphatic carbocycles. The molecule has 0 unspecified atom stereocenters. The lowest BCUT2D eigenvalue weighted by molar-refractivity contribution is 0.205. The van der Waals surface area contributed by atoms with Crippen LogP contribution in [0.3, 0.4) is 0 Å². The maximum Gasteiger partial charge on any atom is 0.324 e. The van der Waals surface area contributed by atoms with Crippen LogP contribution in [0.4, 0.5) is 10.5 Å². The summed E-state index contributed by atoms with van der Waals surface area (Å²) in [5.74, 6) is 0. The van der Waals surface area contributed by atoms with E-state index in [0.717, 1.165) is 63.5 Å². The first kappa shape index (κ1) is 17.6. The van der Waals surface area contributed by atoms with Crippen LogP contribution in [-0.4, -0.2) is 47.1 Å². The molecule has 2 aliphatic heterocycles. The average Bonchev–Trinajstić information content (AvgIpc) is 3.15. The van der Waals surface area contributed by atoms with Crippen LogP contribution in [0, 0.1) is 6.92 Å². The molecule has 144 valence electrons. The predicted octanol–water partition coefficient (Wildman–Crippen LogP) is 3.79. The van der Waals surface area contributed by atoms with E-state index in [1.54, 1.807) is 16.2 Å². The number of rotatable bonds is 2. The van der Waals surface area contributed by atoms with Crippen molar-refractivity contribution in [3.63, 3.8) is 0 Å². The van der Waals surface area contributed by atoms with Gasteiger partial charge in [0.2, 0.25) is 0 Å². The van der Waals surface area contributed by atoms with Gasteiger partial charge in [0.15, 0.2) is 0 Å². The Morgan fingerprint density at radius 1 is 1.18 bits per heavy atom. The van der Waals surface area contributed by atoms with Crippen molar-refractivity contribution in [3.05, 3.63) is 41.9 Å². The number of nitrogens with one attached hydrogen (secondary N) is 1. The zero-order valence-corrected chi connectivity index (χ0v) is 16.9. The number of hydrogen-bond acceptors (Lipinski definition) is 5. The van der Waals surface area contributed by atoms with E-state index in [1.807, 2.05) is 37.3 Å². The SMILES string of the molecule is Cc1ccc(-c2cc3c4c(cnc3s2)CN(C)C(=O)N4C2CCNCC2)cn1. The van der Waals surface area contributed by atoms with E-state index in [1.165, 1.54) is 0 Å². The second-order valence-corrected chi connectivity index (χ2v) is 8.67. The number of anilines is 1. The molecular formula is C21H23N5OS. The molecule has 28 heavy (non-hydrogen) atoms. The molecular weight excluding hydrogens is 370 g/mol. The highest BCUT2D eigenvalue weighted by Crippen LogP contribution is 2.42. The maximum absolute atomic E-state index is 13.1. The summed E-state index contributed by atoms with van der Waals surface area (Å²) in [6.45, 7) is 4.50. The second-order valence-electron chi connectivity index (χ2n) is 7.64. The van der Waals surface area contributed by atoms with E-state index in [4.69, 9.17) is 4.98 Å². The fourth-order valence-corrected chi connectivity index (χ4v) is 5.17. The van der Waals surface area contributed by atoms with Crippen molar-refractivity contribution in [3.8, 4) is 10.4 Å². The number of urea groups is 1. The molecule has 1 N–H and O–H groups in total. The lowest BCUT2D eigenvalue weighted by Crippen LogP contribution is -2.53. The van der Waals surface area contributed by atoms with Crippen LogP contribution in [0.1, 0.15) is 24.1 Å². The van der Waals surface area contributed by atoms with Crippen molar-refractivity contribution in [2.45, 2.75) is 32.4 Å². The topological polar surface area (TPSA) is 61.4 Å². The Kier molecular flexibility index (Phi) is 4.29. The first-order valence-corrected chi connectivity index (χ1v) is 10.5. The molecule has 0 aromatic carbocycles. The number of fused-ring (bicyclic) bond motifs is 3. The molecule has 5 heterocycles. The molecule has 5 rings (SSSR count). The van der Waals surface area contributed by atoms with Gasteiger partial charge in [-0.3, -0.25) is 9.88 Å². The number of pyridine rings is 2. The van der Waals surface area contributed by atoms with E-state index in [0.29, 0.717) is 6.54 Å². The third kappa shape index (κ3) is 2.86. The molecule has 0 spiro atoms.